The highest BCUT2D eigenvalue weighted by Crippen LogP contribution is 2.23. The van der Waals surface area contributed by atoms with Gasteiger partial charge in [-0.2, -0.15) is 0 Å². The maximum absolute atomic E-state index is 12.7. The summed E-state index contributed by atoms with van der Waals surface area (Å²) in [7, 11) is 3.32. The summed E-state index contributed by atoms with van der Waals surface area (Å²) in [5, 5.41) is 0. The molecule has 0 aliphatic rings. The largest absolute Gasteiger partial charge is 0.466 e. The zero-order valence-electron chi connectivity index (χ0n) is 17.1. The number of carbonyl (C=O) groups is 2. The van der Waals surface area contributed by atoms with Crippen molar-refractivity contribution in [2.45, 2.75) is 78.5 Å². The molecule has 0 aliphatic heterocycles. The topological polar surface area (TPSA) is 81.9 Å². The van der Waals surface area contributed by atoms with E-state index in [0.717, 1.165) is 19.3 Å². The molecule has 0 aromatic carbocycles. The minimum Gasteiger partial charge on any atom is -0.466 e. The Hall–Kier alpha value is -1.14. The van der Waals surface area contributed by atoms with Gasteiger partial charge in [-0.25, -0.2) is 0 Å². The van der Waals surface area contributed by atoms with Crippen molar-refractivity contribution in [3.63, 3.8) is 0 Å². The molecule has 0 heterocycles. The molecule has 0 aliphatic carbocycles. The van der Waals surface area contributed by atoms with E-state index in [-0.39, 0.29) is 36.2 Å². The second-order valence-corrected chi connectivity index (χ2v) is 7.15. The van der Waals surface area contributed by atoms with E-state index in [0.29, 0.717) is 6.61 Å². The molecule has 0 unspecified atom stereocenters. The Morgan fingerprint density at radius 3 is 2.20 bits per heavy atom. The SMILES string of the molecule is CCCCOC(=O)C[C@@H](OC)[C@H]([C@@H](C)CC)N(C)C(=O)[C@@H](N)C(C)C. The van der Waals surface area contributed by atoms with Gasteiger partial charge >= 0.3 is 5.97 Å². The smallest absolute Gasteiger partial charge is 0.308 e. The molecule has 25 heavy (non-hydrogen) atoms. The van der Waals surface area contributed by atoms with E-state index in [1.807, 2.05) is 20.8 Å². The predicted molar refractivity (Wildman–Crippen MR) is 100 cm³/mol. The summed E-state index contributed by atoms with van der Waals surface area (Å²) in [6, 6.07) is -0.795. The molecule has 0 radical (unpaired) electrons. The van der Waals surface area contributed by atoms with Crippen molar-refractivity contribution in [3.05, 3.63) is 0 Å². The monoisotopic (exact) mass is 358 g/mol. The van der Waals surface area contributed by atoms with Crippen LogP contribution >= 0.6 is 0 Å². The lowest BCUT2D eigenvalue weighted by Gasteiger charge is -2.39. The first kappa shape index (κ1) is 23.9. The Labute approximate surface area is 153 Å². The number of rotatable bonds is 12. The normalized spacial score (nSPS) is 16.2. The molecule has 6 heteroatoms. The van der Waals surface area contributed by atoms with Gasteiger partial charge in [0.1, 0.15) is 0 Å². The molecule has 0 rings (SSSR count). The zero-order chi connectivity index (χ0) is 19.6. The van der Waals surface area contributed by atoms with Crippen LogP contribution in [0.3, 0.4) is 0 Å². The highest BCUT2D eigenvalue weighted by atomic mass is 16.5. The van der Waals surface area contributed by atoms with Crippen molar-refractivity contribution in [2.24, 2.45) is 17.6 Å². The number of unbranched alkanes of at least 4 members (excludes halogenated alkanes) is 1. The fourth-order valence-corrected chi connectivity index (χ4v) is 2.80. The van der Waals surface area contributed by atoms with Gasteiger partial charge in [0.25, 0.3) is 0 Å². The van der Waals surface area contributed by atoms with Gasteiger partial charge < -0.3 is 20.1 Å². The number of methoxy groups -OCH3 is 1. The molecule has 4 atom stereocenters. The van der Waals surface area contributed by atoms with E-state index < -0.39 is 12.1 Å². The fraction of sp³-hybridized carbons (Fsp3) is 0.895. The van der Waals surface area contributed by atoms with Crippen LogP contribution in [0.2, 0.25) is 0 Å². The lowest BCUT2D eigenvalue weighted by atomic mass is 9.90. The zero-order valence-corrected chi connectivity index (χ0v) is 17.1. The van der Waals surface area contributed by atoms with E-state index in [1.165, 1.54) is 0 Å². The van der Waals surface area contributed by atoms with Gasteiger partial charge in [0.15, 0.2) is 0 Å². The molecule has 0 aromatic rings. The van der Waals surface area contributed by atoms with Gasteiger partial charge in [-0.3, -0.25) is 9.59 Å². The highest BCUT2D eigenvalue weighted by molar-refractivity contribution is 5.82. The van der Waals surface area contributed by atoms with Crippen LogP contribution in [-0.4, -0.2) is 55.7 Å². The van der Waals surface area contributed by atoms with Gasteiger partial charge in [-0.1, -0.05) is 47.5 Å². The lowest BCUT2D eigenvalue weighted by Crippen LogP contribution is -2.55. The number of esters is 1. The number of hydrogen-bond acceptors (Lipinski definition) is 5. The number of likely N-dealkylation sites (N-methyl/N-ethyl adjacent to an activating group) is 1. The van der Waals surface area contributed by atoms with Crippen LogP contribution in [0.15, 0.2) is 0 Å². The molecule has 0 fully saturated rings. The molecule has 0 saturated carbocycles. The van der Waals surface area contributed by atoms with E-state index >= 15 is 0 Å². The summed E-state index contributed by atoms with van der Waals surface area (Å²) in [6.07, 6.45) is 2.39. The van der Waals surface area contributed by atoms with Gasteiger partial charge in [0, 0.05) is 14.2 Å². The average molecular weight is 359 g/mol. The number of ether oxygens (including phenoxy) is 2. The summed E-state index contributed by atoms with van der Waals surface area (Å²) >= 11 is 0. The lowest BCUT2D eigenvalue weighted by molar-refractivity contribution is -0.151. The maximum atomic E-state index is 12.7. The molecule has 0 aromatic heterocycles. The highest BCUT2D eigenvalue weighted by Gasteiger charge is 2.36. The van der Waals surface area contributed by atoms with E-state index in [9.17, 15) is 9.59 Å². The van der Waals surface area contributed by atoms with E-state index in [2.05, 4.69) is 13.8 Å². The Bertz CT molecular complexity index is 401. The second kappa shape index (κ2) is 12.3. The minimum absolute atomic E-state index is 0.0486. The maximum Gasteiger partial charge on any atom is 0.308 e. The Balaban J connectivity index is 5.19. The van der Waals surface area contributed by atoms with Crippen LogP contribution in [0.1, 0.15) is 60.3 Å². The summed E-state index contributed by atoms with van der Waals surface area (Å²) in [4.78, 5) is 26.5. The third-order valence-electron chi connectivity index (χ3n) is 4.84. The van der Waals surface area contributed by atoms with E-state index in [1.54, 1.807) is 19.1 Å². The van der Waals surface area contributed by atoms with Crippen LogP contribution in [0.4, 0.5) is 0 Å². The van der Waals surface area contributed by atoms with Crippen molar-refractivity contribution in [1.82, 2.24) is 4.90 Å². The summed E-state index contributed by atoms with van der Waals surface area (Å²) in [5.74, 6) is -0.196. The molecular formula is C19H38N2O4. The van der Waals surface area contributed by atoms with Gasteiger partial charge in [-0.15, -0.1) is 0 Å². The van der Waals surface area contributed by atoms with Gasteiger partial charge in [-0.05, 0) is 18.3 Å². The molecule has 2 N–H and O–H groups in total. The Kier molecular flexibility index (Phi) is 11.7. The van der Waals surface area contributed by atoms with Crippen LogP contribution in [0, 0.1) is 11.8 Å². The van der Waals surface area contributed by atoms with Crippen molar-refractivity contribution in [1.29, 1.82) is 0 Å². The summed E-state index contributed by atoms with van der Waals surface area (Å²) in [6.45, 7) is 10.4. The Morgan fingerprint density at radius 2 is 1.76 bits per heavy atom. The van der Waals surface area contributed by atoms with Crippen LogP contribution in [0.5, 0.6) is 0 Å². The molecule has 1 amide bonds. The first-order valence-electron chi connectivity index (χ1n) is 9.41. The van der Waals surface area contributed by atoms with Crippen molar-refractivity contribution in [2.75, 3.05) is 20.8 Å². The third-order valence-corrected chi connectivity index (χ3v) is 4.84. The van der Waals surface area contributed by atoms with Crippen molar-refractivity contribution < 1.29 is 19.1 Å². The molecule has 6 nitrogen and oxygen atoms in total. The van der Waals surface area contributed by atoms with Crippen molar-refractivity contribution in [3.8, 4) is 0 Å². The number of nitrogens with two attached hydrogens (primary N) is 1. The fourth-order valence-electron chi connectivity index (χ4n) is 2.80. The number of amides is 1. The van der Waals surface area contributed by atoms with Crippen LogP contribution in [0.25, 0.3) is 0 Å². The van der Waals surface area contributed by atoms with Gasteiger partial charge in [0.2, 0.25) is 5.91 Å². The molecular weight excluding hydrogens is 320 g/mol. The summed E-state index contributed by atoms with van der Waals surface area (Å²) in [5.41, 5.74) is 6.04. The molecule has 0 bridgehead atoms. The number of carbonyl (C=O) groups excluding carboxylic acids is 2. The predicted octanol–water partition coefficient (Wildman–Crippen LogP) is 2.59. The number of hydrogen-bond donors (Lipinski definition) is 1. The van der Waals surface area contributed by atoms with Crippen LogP contribution < -0.4 is 5.73 Å². The quantitative estimate of drug-likeness (QED) is 0.428. The minimum atomic E-state index is -0.564. The average Bonchev–Trinajstić information content (AvgIpc) is 2.59. The second-order valence-electron chi connectivity index (χ2n) is 7.15. The summed E-state index contributed by atoms with van der Waals surface area (Å²) < 4.78 is 10.8. The molecule has 0 saturated heterocycles. The van der Waals surface area contributed by atoms with Crippen molar-refractivity contribution >= 4 is 11.9 Å². The third kappa shape index (κ3) is 7.74. The van der Waals surface area contributed by atoms with Crippen LogP contribution in [-0.2, 0) is 19.1 Å². The first-order valence-corrected chi connectivity index (χ1v) is 9.41. The van der Waals surface area contributed by atoms with Gasteiger partial charge in [0.05, 0.1) is 31.2 Å². The molecule has 0 spiro atoms. The van der Waals surface area contributed by atoms with E-state index in [4.69, 9.17) is 15.2 Å². The Morgan fingerprint density at radius 1 is 1.16 bits per heavy atom. The molecule has 148 valence electrons. The number of nitrogens with zero attached hydrogens (tertiary/aromatic N) is 1. The standard InChI is InChI=1S/C19H38N2O4/c1-8-10-11-25-16(22)12-15(24-7)18(14(5)9-2)21(6)19(23)17(20)13(3)4/h13-15,17-18H,8-12,20H2,1-7H3/t14-,15+,17-,18-/m0/s1. The first-order chi connectivity index (χ1) is 11.7.